The lowest BCUT2D eigenvalue weighted by atomic mass is 9.79. The summed E-state index contributed by atoms with van der Waals surface area (Å²) in [6.45, 7) is 1.85. The molecule has 5 nitrogen and oxygen atoms in total. The van der Waals surface area contributed by atoms with Crippen molar-refractivity contribution < 1.29 is 14.0 Å². The average molecular weight is 323 g/mol. The predicted molar refractivity (Wildman–Crippen MR) is 86.9 cm³/mol. The Hall–Kier alpha value is -2.89. The monoisotopic (exact) mass is 323 g/mol. The molecule has 3 heterocycles. The Bertz CT molecular complexity index is 882. The van der Waals surface area contributed by atoms with Gasteiger partial charge >= 0.3 is 0 Å². The molecule has 3 aliphatic rings. The Labute approximate surface area is 137 Å². The molecular formula is C18H14FN3O2. The van der Waals surface area contributed by atoms with Crippen molar-refractivity contribution in [1.29, 1.82) is 0 Å². The maximum Gasteiger partial charge on any atom is 0.259 e. The second kappa shape index (κ2) is 5.33. The molecule has 1 aromatic carbocycles. The van der Waals surface area contributed by atoms with Crippen LogP contribution < -0.4 is 0 Å². The number of hydrogen-bond acceptors (Lipinski definition) is 3. The van der Waals surface area contributed by atoms with Gasteiger partial charge in [-0.2, -0.15) is 9.98 Å². The number of hydrogen-bond donors (Lipinski definition) is 0. The molecule has 0 aliphatic carbocycles. The van der Waals surface area contributed by atoms with E-state index in [9.17, 15) is 14.0 Å². The number of rotatable bonds is 1. The van der Waals surface area contributed by atoms with Crippen LogP contribution in [0.5, 0.6) is 0 Å². The molecule has 4 rings (SSSR count). The molecule has 2 atom stereocenters. The van der Waals surface area contributed by atoms with Crippen LogP contribution in [0.25, 0.3) is 0 Å². The molecular weight excluding hydrogens is 309 g/mol. The van der Waals surface area contributed by atoms with Crippen molar-refractivity contribution in [2.75, 3.05) is 0 Å². The molecule has 0 aromatic heterocycles. The minimum absolute atomic E-state index is 0.0700. The maximum absolute atomic E-state index is 13.6. The van der Waals surface area contributed by atoms with Gasteiger partial charge < -0.3 is 0 Å². The molecule has 1 aromatic rings. The lowest BCUT2D eigenvalue weighted by Crippen LogP contribution is -2.50. The highest BCUT2D eigenvalue weighted by Crippen LogP contribution is 2.38. The van der Waals surface area contributed by atoms with Crippen LogP contribution in [0.1, 0.15) is 24.8 Å². The Morgan fingerprint density at radius 1 is 1.25 bits per heavy atom. The third-order valence-corrected chi connectivity index (χ3v) is 4.48. The fraction of sp³-hybridized carbons (Fsp3) is 0.222. The molecule has 0 N–H and O–H groups in total. The van der Waals surface area contributed by atoms with Crippen LogP contribution in [0.3, 0.4) is 0 Å². The minimum Gasteiger partial charge on any atom is -0.288 e. The molecule has 120 valence electrons. The van der Waals surface area contributed by atoms with Gasteiger partial charge in [-0.25, -0.2) is 4.39 Å². The standard InChI is InChI=1S/C18H14FN3O2/c1-10-4-3-7-22-16(10)21-18(24)15-13(9-14(23)20-17(15)22)11-5-2-6-12(19)8-11/h2-8,13,15H,9H2,1H3. The molecule has 6 heteroatoms. The highest BCUT2D eigenvalue weighted by molar-refractivity contribution is 6.25. The number of nitrogens with zero attached hydrogens (tertiary/aromatic N) is 3. The van der Waals surface area contributed by atoms with Gasteiger partial charge in [0.2, 0.25) is 5.91 Å². The molecule has 0 fully saturated rings. The molecule has 0 saturated carbocycles. The number of amidine groups is 2. The van der Waals surface area contributed by atoms with Crippen LogP contribution in [0.2, 0.25) is 0 Å². The molecule has 3 aliphatic heterocycles. The van der Waals surface area contributed by atoms with Crippen LogP contribution in [0.15, 0.2) is 58.2 Å². The largest absolute Gasteiger partial charge is 0.288 e. The zero-order chi connectivity index (χ0) is 16.8. The van der Waals surface area contributed by atoms with Crippen molar-refractivity contribution in [3.8, 4) is 0 Å². The number of allylic oxidation sites excluding steroid dienone is 2. The van der Waals surface area contributed by atoms with Crippen LogP contribution in [0.4, 0.5) is 4.39 Å². The van der Waals surface area contributed by atoms with Crippen molar-refractivity contribution in [3.63, 3.8) is 0 Å². The zero-order valence-corrected chi connectivity index (χ0v) is 12.9. The first-order valence-corrected chi connectivity index (χ1v) is 7.68. The van der Waals surface area contributed by atoms with Gasteiger partial charge in [0.15, 0.2) is 0 Å². The first kappa shape index (κ1) is 14.7. The fourth-order valence-electron chi connectivity index (χ4n) is 3.37. The van der Waals surface area contributed by atoms with E-state index >= 15 is 0 Å². The van der Waals surface area contributed by atoms with Crippen LogP contribution in [-0.2, 0) is 9.59 Å². The molecule has 2 amide bonds. The van der Waals surface area contributed by atoms with Gasteiger partial charge in [-0.15, -0.1) is 0 Å². The minimum atomic E-state index is -0.677. The number of benzene rings is 1. The predicted octanol–water partition coefficient (Wildman–Crippen LogP) is 2.57. The summed E-state index contributed by atoms with van der Waals surface area (Å²) in [6.07, 6.45) is 5.48. The van der Waals surface area contributed by atoms with E-state index in [0.29, 0.717) is 17.2 Å². The van der Waals surface area contributed by atoms with E-state index in [1.165, 1.54) is 12.1 Å². The Balaban J connectivity index is 1.84. The van der Waals surface area contributed by atoms with Crippen molar-refractivity contribution in [1.82, 2.24) is 4.90 Å². The van der Waals surface area contributed by atoms with E-state index in [1.807, 2.05) is 19.1 Å². The third kappa shape index (κ3) is 2.22. The summed E-state index contributed by atoms with van der Waals surface area (Å²) in [7, 11) is 0. The van der Waals surface area contributed by atoms with E-state index in [1.54, 1.807) is 23.2 Å². The van der Waals surface area contributed by atoms with Gasteiger partial charge in [0, 0.05) is 18.5 Å². The Morgan fingerprint density at radius 3 is 2.88 bits per heavy atom. The second-order valence-corrected chi connectivity index (χ2v) is 6.04. The van der Waals surface area contributed by atoms with Crippen LogP contribution in [0, 0.1) is 11.7 Å². The summed E-state index contributed by atoms with van der Waals surface area (Å²) >= 11 is 0. The van der Waals surface area contributed by atoms with Crippen molar-refractivity contribution >= 4 is 23.5 Å². The molecule has 0 spiro atoms. The summed E-state index contributed by atoms with van der Waals surface area (Å²) in [5, 5.41) is 0. The molecule has 0 radical (unpaired) electrons. The molecule has 24 heavy (non-hydrogen) atoms. The van der Waals surface area contributed by atoms with Crippen molar-refractivity contribution in [2.24, 2.45) is 15.9 Å². The van der Waals surface area contributed by atoms with Crippen molar-refractivity contribution in [2.45, 2.75) is 19.3 Å². The number of fused-ring (bicyclic) bond motifs is 3. The van der Waals surface area contributed by atoms with E-state index in [0.717, 1.165) is 5.57 Å². The number of carbonyl (C=O) groups is 2. The summed E-state index contributed by atoms with van der Waals surface area (Å²) in [4.78, 5) is 34.8. The topological polar surface area (TPSA) is 62.1 Å². The van der Waals surface area contributed by atoms with Gasteiger partial charge in [0.1, 0.15) is 23.4 Å². The normalized spacial score (nSPS) is 25.6. The molecule has 2 unspecified atom stereocenters. The second-order valence-electron chi connectivity index (χ2n) is 6.04. The zero-order valence-electron chi connectivity index (χ0n) is 12.9. The van der Waals surface area contributed by atoms with Gasteiger partial charge in [-0.1, -0.05) is 18.2 Å². The smallest absolute Gasteiger partial charge is 0.259 e. The number of halogens is 1. The first-order chi connectivity index (χ1) is 11.5. The molecule has 0 bridgehead atoms. The maximum atomic E-state index is 13.6. The van der Waals surface area contributed by atoms with Gasteiger partial charge in [-0.3, -0.25) is 14.5 Å². The fourth-order valence-corrected chi connectivity index (χ4v) is 3.37. The Kier molecular flexibility index (Phi) is 3.26. The highest BCUT2D eigenvalue weighted by Gasteiger charge is 2.45. The SMILES string of the molecule is CC1=CC=CN2C1=NC(=O)C1C2=NC(=O)CC1c1cccc(F)c1. The van der Waals surface area contributed by atoms with Crippen molar-refractivity contribution in [3.05, 3.63) is 59.6 Å². The van der Waals surface area contributed by atoms with E-state index < -0.39 is 17.7 Å². The number of amides is 2. The first-order valence-electron chi connectivity index (χ1n) is 7.68. The van der Waals surface area contributed by atoms with Gasteiger partial charge in [-0.05, 0) is 36.3 Å². The van der Waals surface area contributed by atoms with E-state index in [4.69, 9.17) is 0 Å². The van der Waals surface area contributed by atoms with Gasteiger partial charge in [0.25, 0.3) is 5.91 Å². The number of aliphatic imine (C=N–C) groups is 2. The van der Waals surface area contributed by atoms with Gasteiger partial charge in [0.05, 0.1) is 0 Å². The summed E-state index contributed by atoms with van der Waals surface area (Å²) in [5.74, 6) is -1.32. The van der Waals surface area contributed by atoms with Crippen LogP contribution in [-0.4, -0.2) is 28.4 Å². The lowest BCUT2D eigenvalue weighted by Gasteiger charge is -2.38. The molecule has 0 saturated heterocycles. The number of carbonyl (C=O) groups excluding carboxylic acids is 2. The highest BCUT2D eigenvalue weighted by atomic mass is 19.1. The quantitative estimate of drug-likeness (QED) is 0.798. The summed E-state index contributed by atoms with van der Waals surface area (Å²) in [5.41, 5.74) is 1.44. The summed E-state index contributed by atoms with van der Waals surface area (Å²) in [6, 6.07) is 6.01. The van der Waals surface area contributed by atoms with Crippen LogP contribution >= 0.6 is 0 Å². The van der Waals surface area contributed by atoms with E-state index in [-0.39, 0.29) is 18.2 Å². The Morgan fingerprint density at radius 2 is 2.08 bits per heavy atom. The average Bonchev–Trinajstić information content (AvgIpc) is 2.55. The van der Waals surface area contributed by atoms with E-state index in [2.05, 4.69) is 9.98 Å². The third-order valence-electron chi connectivity index (χ3n) is 4.48. The summed E-state index contributed by atoms with van der Waals surface area (Å²) < 4.78 is 13.6. The lowest BCUT2D eigenvalue weighted by molar-refractivity contribution is -0.122.